The molecular formula is C58H64F3NO2Zr. The van der Waals surface area contributed by atoms with Crippen molar-refractivity contribution in [2.75, 3.05) is 0 Å². The number of halogens is 3. The van der Waals surface area contributed by atoms with Gasteiger partial charge >= 0.3 is 6.18 Å². The predicted molar refractivity (Wildman–Crippen MR) is 251 cm³/mol. The molecule has 65 heavy (non-hydrogen) atoms. The molecule has 4 aromatic carbocycles. The molecule has 1 heterocycles. The molecule has 2 N–H and O–H groups in total. The van der Waals surface area contributed by atoms with E-state index in [2.05, 4.69) is 67.5 Å². The van der Waals surface area contributed by atoms with Gasteiger partial charge in [-0.3, -0.25) is 0 Å². The Morgan fingerprint density at radius 3 is 1.02 bits per heavy atom. The average molecular weight is 955 g/mol. The first-order valence-electron chi connectivity index (χ1n) is 23.8. The van der Waals surface area contributed by atoms with Crippen molar-refractivity contribution in [2.24, 2.45) is 32.5 Å². The molecule has 0 radical (unpaired) electrons. The largest absolute Gasteiger partial charge is 0.507 e. The number of hydrogen-bond donors (Lipinski definition) is 2. The third kappa shape index (κ3) is 7.24. The van der Waals surface area contributed by atoms with Crippen LogP contribution in [0.1, 0.15) is 146 Å². The molecule has 0 unspecified atom stereocenters. The third-order valence-corrected chi connectivity index (χ3v) is 17.5. The molecular weight excluding hydrogens is 891 g/mol. The molecule has 7 heteroatoms. The van der Waals surface area contributed by atoms with Gasteiger partial charge in [-0.2, -0.15) is 13.2 Å². The van der Waals surface area contributed by atoms with Gasteiger partial charge in [0.1, 0.15) is 11.5 Å². The minimum atomic E-state index is -4.66. The minimum Gasteiger partial charge on any atom is -0.507 e. The fraction of sp³-hybridized carbons (Fsp3) is 0.500. The molecule has 8 aliphatic carbocycles. The van der Waals surface area contributed by atoms with Crippen LogP contribution in [0.15, 0.2) is 84.9 Å². The SMILES string of the molecule is Cc1cc(-c2ccccc2-c2cc(C(F)(F)F)cc(-c3ccccc3-c3cc(C)cc(C45CC6(C)CC(C)(CC(C)(C6)C4)C5)c3O)n2)c(O)c(C23CC4(C)CC(C)(CC(C)(C4)C2)C3)c1.[Zr]. The number of phenols is 2. The van der Waals surface area contributed by atoms with Crippen LogP contribution >= 0.6 is 0 Å². The zero-order valence-corrected chi connectivity index (χ0v) is 42.0. The number of alkyl halides is 3. The van der Waals surface area contributed by atoms with E-state index in [-0.39, 0.29) is 92.4 Å². The summed E-state index contributed by atoms with van der Waals surface area (Å²) in [5, 5.41) is 25.2. The molecule has 8 bridgehead atoms. The van der Waals surface area contributed by atoms with Crippen LogP contribution in [0, 0.1) is 46.3 Å². The van der Waals surface area contributed by atoms with Crippen molar-refractivity contribution in [3.8, 4) is 56.3 Å². The van der Waals surface area contributed by atoms with E-state index in [0.29, 0.717) is 33.4 Å². The van der Waals surface area contributed by atoms with E-state index in [0.717, 1.165) is 72.9 Å². The van der Waals surface area contributed by atoms with Crippen molar-refractivity contribution in [3.63, 3.8) is 0 Å². The molecule has 0 spiro atoms. The summed E-state index contributed by atoms with van der Waals surface area (Å²) in [7, 11) is 0. The maximum absolute atomic E-state index is 15.2. The summed E-state index contributed by atoms with van der Waals surface area (Å²) in [4.78, 5) is 5.11. The maximum Gasteiger partial charge on any atom is 0.416 e. The molecule has 0 aliphatic heterocycles. The molecule has 0 atom stereocenters. The van der Waals surface area contributed by atoms with Gasteiger partial charge in [0.05, 0.1) is 17.0 Å². The summed E-state index contributed by atoms with van der Waals surface area (Å²) in [6.07, 6.45) is 8.73. The molecule has 0 amide bonds. The van der Waals surface area contributed by atoms with Gasteiger partial charge in [0, 0.05) is 70.4 Å². The quantitative estimate of drug-likeness (QED) is 0.178. The Morgan fingerprint density at radius 1 is 0.431 bits per heavy atom. The van der Waals surface area contributed by atoms with Crippen molar-refractivity contribution in [3.05, 3.63) is 113 Å². The number of benzene rings is 4. The molecule has 8 fully saturated rings. The maximum atomic E-state index is 15.2. The second kappa shape index (κ2) is 14.2. The number of aromatic nitrogens is 1. The van der Waals surface area contributed by atoms with Crippen LogP contribution in [-0.4, -0.2) is 15.2 Å². The molecule has 8 aliphatic rings. The van der Waals surface area contributed by atoms with Gasteiger partial charge in [-0.05, 0) is 170 Å². The van der Waals surface area contributed by atoms with Crippen LogP contribution in [0.3, 0.4) is 0 Å². The molecule has 0 saturated heterocycles. The second-order valence-corrected chi connectivity index (χ2v) is 25.2. The number of aromatic hydroxyl groups is 2. The predicted octanol–water partition coefficient (Wildman–Crippen LogP) is 16.1. The number of hydrogen-bond acceptors (Lipinski definition) is 3. The monoisotopic (exact) mass is 953 g/mol. The Hall–Kier alpha value is -3.70. The van der Waals surface area contributed by atoms with Gasteiger partial charge in [-0.1, -0.05) is 102 Å². The average Bonchev–Trinajstić information content (AvgIpc) is 3.15. The Bertz CT molecular complexity index is 2520. The van der Waals surface area contributed by atoms with E-state index in [1.807, 2.05) is 60.7 Å². The van der Waals surface area contributed by atoms with Crippen LogP contribution in [0.25, 0.3) is 44.8 Å². The molecule has 13 rings (SSSR count). The van der Waals surface area contributed by atoms with Gasteiger partial charge in [-0.25, -0.2) is 4.98 Å². The summed E-state index contributed by atoms with van der Waals surface area (Å²) in [6.45, 7) is 18.8. The topological polar surface area (TPSA) is 53.4 Å². The van der Waals surface area contributed by atoms with Crippen molar-refractivity contribution in [2.45, 2.75) is 149 Å². The molecule has 3 nitrogen and oxygen atoms in total. The standard InChI is InChI=1S/C58H64F3NO2.Zr/c1-35-17-42(48(63)44(19-35)56-29-50(3)23-51(4,30-56)25-52(5,24-50)31-56)38-13-9-11-15-40(38)46-21-37(58(59,60)61)22-47(62-46)41-16-12-10-14-39(41)43-18-36(2)20-45(49(43)64)57-32-53(6)26-54(7,33-57)28-55(8,27-53)34-57;/h9-22,63-64H,23-34H2,1-8H3;. The van der Waals surface area contributed by atoms with Gasteiger partial charge in [0.15, 0.2) is 0 Å². The molecule has 8 saturated carbocycles. The van der Waals surface area contributed by atoms with Crippen molar-refractivity contribution >= 4 is 0 Å². The second-order valence-electron chi connectivity index (χ2n) is 25.2. The van der Waals surface area contributed by atoms with Crippen molar-refractivity contribution < 1.29 is 49.6 Å². The molecule has 1 aromatic heterocycles. The molecule has 338 valence electrons. The first-order valence-corrected chi connectivity index (χ1v) is 23.8. The number of phenolic OH excluding ortho intramolecular Hbond substituents is 2. The minimum absolute atomic E-state index is 0. The van der Waals surface area contributed by atoms with Crippen LogP contribution in [0.2, 0.25) is 0 Å². The fourth-order valence-electron chi connectivity index (χ4n) is 18.8. The Kier molecular flexibility index (Phi) is 9.84. The van der Waals surface area contributed by atoms with E-state index in [1.165, 1.54) is 38.5 Å². The first-order chi connectivity index (χ1) is 29.8. The van der Waals surface area contributed by atoms with Crippen LogP contribution < -0.4 is 0 Å². The van der Waals surface area contributed by atoms with E-state index >= 15 is 13.2 Å². The third-order valence-electron chi connectivity index (χ3n) is 17.5. The summed E-state index contributed by atoms with van der Waals surface area (Å²) in [6, 6.07) is 25.5. The summed E-state index contributed by atoms with van der Waals surface area (Å²) >= 11 is 0. The van der Waals surface area contributed by atoms with Crippen LogP contribution in [0.5, 0.6) is 11.5 Å². The Morgan fingerprint density at radius 2 is 0.723 bits per heavy atom. The van der Waals surface area contributed by atoms with Crippen LogP contribution in [0.4, 0.5) is 13.2 Å². The Labute approximate surface area is 403 Å². The van der Waals surface area contributed by atoms with Gasteiger partial charge in [-0.15, -0.1) is 0 Å². The van der Waals surface area contributed by atoms with E-state index in [9.17, 15) is 10.2 Å². The number of nitrogens with zero attached hydrogens (tertiary/aromatic N) is 1. The number of aryl methyl sites for hydroxylation is 2. The number of pyridine rings is 1. The summed E-state index contributed by atoms with van der Waals surface area (Å²) in [5.41, 5.74) is 7.97. The molecule has 5 aromatic rings. The van der Waals surface area contributed by atoms with Crippen molar-refractivity contribution in [1.29, 1.82) is 0 Å². The fourth-order valence-corrected chi connectivity index (χ4v) is 18.8. The van der Waals surface area contributed by atoms with Gasteiger partial charge < -0.3 is 10.2 Å². The van der Waals surface area contributed by atoms with Crippen molar-refractivity contribution in [1.82, 2.24) is 4.98 Å². The zero-order valence-electron chi connectivity index (χ0n) is 39.5. The van der Waals surface area contributed by atoms with E-state index in [4.69, 9.17) is 4.98 Å². The first kappa shape index (κ1) is 45.1. The summed E-state index contributed by atoms with van der Waals surface area (Å²) in [5.74, 6) is 0.463. The Balaban J connectivity index is 0.00000498. The van der Waals surface area contributed by atoms with Gasteiger partial charge in [0.2, 0.25) is 0 Å². The zero-order chi connectivity index (χ0) is 45.3. The van der Waals surface area contributed by atoms with Gasteiger partial charge in [0.25, 0.3) is 0 Å². The smallest absolute Gasteiger partial charge is 0.416 e. The van der Waals surface area contributed by atoms with Crippen LogP contribution in [-0.2, 0) is 43.2 Å². The van der Waals surface area contributed by atoms with E-state index < -0.39 is 11.7 Å². The number of rotatable bonds is 6. The van der Waals surface area contributed by atoms with E-state index in [1.54, 1.807) is 0 Å². The normalized spacial score (nSPS) is 35.4. The summed E-state index contributed by atoms with van der Waals surface area (Å²) < 4.78 is 45.5.